The first-order valence-corrected chi connectivity index (χ1v) is 7.16. The molecule has 132 valence electrons. The Labute approximate surface area is 142 Å². The van der Waals surface area contributed by atoms with Gasteiger partial charge in [0.25, 0.3) is 0 Å². The second-order valence-corrected chi connectivity index (χ2v) is 4.97. The van der Waals surface area contributed by atoms with Crippen LogP contribution in [0.25, 0.3) is 0 Å². The number of methoxy groups -OCH3 is 1. The highest BCUT2D eigenvalue weighted by Crippen LogP contribution is 2.25. The Balaban J connectivity index is 2.84. The first-order valence-electron chi connectivity index (χ1n) is 6.78. The Kier molecular flexibility index (Phi) is 8.14. The maximum absolute atomic E-state index is 12.5. The van der Waals surface area contributed by atoms with Gasteiger partial charge in [-0.25, -0.2) is 13.6 Å². The van der Waals surface area contributed by atoms with Crippen molar-refractivity contribution in [1.29, 1.82) is 0 Å². The van der Waals surface area contributed by atoms with Gasteiger partial charge < -0.3 is 14.6 Å². The largest absolute Gasteiger partial charge is 0.478 e. The molecule has 2 N–H and O–H groups in total. The molecule has 1 unspecified atom stereocenters. The van der Waals surface area contributed by atoms with Crippen molar-refractivity contribution in [3.8, 4) is 5.75 Å². The SMILES string of the molecule is COC(=O)C(CC(F)F)NCC(=CC(=O)O)Oc1ccccc1Cl. The third-order valence-electron chi connectivity index (χ3n) is 2.78. The fourth-order valence-electron chi connectivity index (χ4n) is 1.73. The summed E-state index contributed by atoms with van der Waals surface area (Å²) in [6.07, 6.45) is -2.77. The summed E-state index contributed by atoms with van der Waals surface area (Å²) in [5.74, 6) is -2.11. The molecule has 1 atom stereocenters. The smallest absolute Gasteiger partial charge is 0.331 e. The number of esters is 1. The molecule has 1 aromatic carbocycles. The van der Waals surface area contributed by atoms with E-state index in [9.17, 15) is 18.4 Å². The summed E-state index contributed by atoms with van der Waals surface area (Å²) in [6.45, 7) is -0.288. The third-order valence-corrected chi connectivity index (χ3v) is 3.10. The molecule has 0 heterocycles. The monoisotopic (exact) mass is 363 g/mol. The lowest BCUT2D eigenvalue weighted by molar-refractivity contribution is -0.144. The van der Waals surface area contributed by atoms with Crippen LogP contribution in [0, 0.1) is 0 Å². The highest BCUT2D eigenvalue weighted by atomic mass is 35.5. The summed E-state index contributed by atoms with van der Waals surface area (Å²) in [7, 11) is 1.07. The molecule has 0 radical (unpaired) electrons. The van der Waals surface area contributed by atoms with Crippen LogP contribution >= 0.6 is 11.6 Å². The van der Waals surface area contributed by atoms with Crippen molar-refractivity contribution in [3.05, 3.63) is 41.1 Å². The number of carbonyl (C=O) groups is 2. The first-order chi connectivity index (χ1) is 11.3. The Morgan fingerprint density at radius 3 is 2.58 bits per heavy atom. The number of halogens is 3. The summed E-state index contributed by atoms with van der Waals surface area (Å²) >= 11 is 5.92. The predicted molar refractivity (Wildman–Crippen MR) is 82.2 cm³/mol. The molecule has 1 rings (SSSR count). The maximum atomic E-state index is 12.5. The van der Waals surface area contributed by atoms with E-state index in [0.717, 1.165) is 13.2 Å². The van der Waals surface area contributed by atoms with E-state index in [0.29, 0.717) is 0 Å². The van der Waals surface area contributed by atoms with E-state index in [2.05, 4.69) is 10.1 Å². The van der Waals surface area contributed by atoms with Crippen molar-refractivity contribution in [3.63, 3.8) is 0 Å². The standard InChI is InChI=1S/C15H16ClF2NO5/c1-23-15(22)11(7-13(17)18)19-8-9(6-14(20)21)24-12-5-3-2-4-10(12)16/h2-6,11,13,19H,7-8H2,1H3,(H,20,21). The maximum Gasteiger partial charge on any atom is 0.331 e. The van der Waals surface area contributed by atoms with E-state index in [1.165, 1.54) is 12.1 Å². The quantitative estimate of drug-likeness (QED) is 0.398. The number of ether oxygens (including phenoxy) is 2. The van der Waals surface area contributed by atoms with Crippen molar-refractivity contribution < 1.29 is 33.0 Å². The number of carbonyl (C=O) groups excluding carboxylic acids is 1. The predicted octanol–water partition coefficient (Wildman–Crippen LogP) is 2.47. The molecule has 0 aliphatic heterocycles. The third kappa shape index (κ3) is 6.93. The molecule has 0 spiro atoms. The number of carboxylic acid groups (broad SMARTS) is 1. The lowest BCUT2D eigenvalue weighted by Crippen LogP contribution is -2.40. The lowest BCUT2D eigenvalue weighted by Gasteiger charge is -2.17. The van der Waals surface area contributed by atoms with Gasteiger partial charge in [0.1, 0.15) is 17.6 Å². The van der Waals surface area contributed by atoms with Crippen LogP contribution in [-0.2, 0) is 14.3 Å². The Bertz CT molecular complexity index is 609. The van der Waals surface area contributed by atoms with Crippen molar-refractivity contribution >= 4 is 23.5 Å². The van der Waals surface area contributed by atoms with E-state index in [4.69, 9.17) is 21.4 Å². The van der Waals surface area contributed by atoms with Gasteiger partial charge in [0.15, 0.2) is 0 Å². The van der Waals surface area contributed by atoms with Gasteiger partial charge in [0, 0.05) is 6.42 Å². The molecule has 1 aromatic rings. The van der Waals surface area contributed by atoms with E-state index in [1.807, 2.05) is 0 Å². The van der Waals surface area contributed by atoms with Crippen LogP contribution < -0.4 is 10.1 Å². The fraction of sp³-hybridized carbons (Fsp3) is 0.333. The topological polar surface area (TPSA) is 84.9 Å². The Hall–Kier alpha value is -2.19. The zero-order valence-corrected chi connectivity index (χ0v) is 13.4. The van der Waals surface area contributed by atoms with Gasteiger partial charge in [-0.2, -0.15) is 0 Å². The van der Waals surface area contributed by atoms with E-state index >= 15 is 0 Å². The zero-order valence-electron chi connectivity index (χ0n) is 12.7. The number of rotatable bonds is 9. The number of carboxylic acids is 1. The molecule has 0 aliphatic carbocycles. The number of para-hydroxylation sites is 1. The summed E-state index contributed by atoms with van der Waals surface area (Å²) in [5, 5.41) is 11.6. The minimum atomic E-state index is -2.74. The van der Waals surface area contributed by atoms with Crippen LogP contribution in [0.4, 0.5) is 8.78 Å². The van der Waals surface area contributed by atoms with Gasteiger partial charge in [-0.1, -0.05) is 23.7 Å². The number of hydrogen-bond donors (Lipinski definition) is 2. The molecule has 0 amide bonds. The van der Waals surface area contributed by atoms with E-state index in [1.54, 1.807) is 12.1 Å². The number of aliphatic carboxylic acids is 1. The highest BCUT2D eigenvalue weighted by molar-refractivity contribution is 6.32. The second-order valence-electron chi connectivity index (χ2n) is 4.56. The van der Waals surface area contributed by atoms with Crippen molar-refractivity contribution in [2.24, 2.45) is 0 Å². The van der Waals surface area contributed by atoms with Gasteiger partial charge in [-0.15, -0.1) is 0 Å². The molecule has 0 saturated heterocycles. The van der Waals surface area contributed by atoms with Crippen LogP contribution in [0.15, 0.2) is 36.1 Å². The lowest BCUT2D eigenvalue weighted by atomic mass is 10.2. The molecular formula is C15H16ClF2NO5. The van der Waals surface area contributed by atoms with Crippen LogP contribution in [-0.4, -0.2) is 43.2 Å². The average Bonchev–Trinajstić information content (AvgIpc) is 2.51. The number of benzene rings is 1. The van der Waals surface area contributed by atoms with Gasteiger partial charge in [0.2, 0.25) is 6.43 Å². The molecule has 9 heteroatoms. The van der Waals surface area contributed by atoms with Crippen LogP contribution in [0.1, 0.15) is 6.42 Å². The van der Waals surface area contributed by atoms with Crippen molar-refractivity contribution in [1.82, 2.24) is 5.32 Å². The molecule has 0 aliphatic rings. The molecule has 24 heavy (non-hydrogen) atoms. The number of hydrogen-bond acceptors (Lipinski definition) is 5. The average molecular weight is 364 g/mol. The van der Waals surface area contributed by atoms with Gasteiger partial charge >= 0.3 is 11.9 Å². The number of nitrogens with one attached hydrogen (secondary N) is 1. The van der Waals surface area contributed by atoms with E-state index in [-0.39, 0.29) is 23.1 Å². The molecule has 6 nitrogen and oxygen atoms in total. The van der Waals surface area contributed by atoms with Gasteiger partial charge in [-0.3, -0.25) is 10.1 Å². The van der Waals surface area contributed by atoms with Crippen LogP contribution in [0.5, 0.6) is 5.75 Å². The molecule has 0 saturated carbocycles. The summed E-state index contributed by atoms with van der Waals surface area (Å²) < 4.78 is 34.8. The zero-order chi connectivity index (χ0) is 18.1. The first kappa shape index (κ1) is 19.9. The Morgan fingerprint density at radius 1 is 1.38 bits per heavy atom. The molecule has 0 bridgehead atoms. The molecule has 0 fully saturated rings. The minimum Gasteiger partial charge on any atom is -0.478 e. The highest BCUT2D eigenvalue weighted by Gasteiger charge is 2.23. The normalized spacial score (nSPS) is 12.8. The minimum absolute atomic E-state index is 0.112. The van der Waals surface area contributed by atoms with Crippen molar-refractivity contribution in [2.45, 2.75) is 18.9 Å². The fourth-order valence-corrected chi connectivity index (χ4v) is 1.90. The number of alkyl halides is 2. The van der Waals surface area contributed by atoms with Crippen molar-refractivity contribution in [2.75, 3.05) is 13.7 Å². The van der Waals surface area contributed by atoms with E-state index < -0.39 is 30.8 Å². The second kappa shape index (κ2) is 9.84. The van der Waals surface area contributed by atoms with Crippen LogP contribution in [0.2, 0.25) is 5.02 Å². The Morgan fingerprint density at radius 2 is 2.04 bits per heavy atom. The summed E-state index contributed by atoms with van der Waals surface area (Å²) in [4.78, 5) is 22.3. The summed E-state index contributed by atoms with van der Waals surface area (Å²) in [5.41, 5.74) is 0. The molecule has 0 aromatic heterocycles. The molecular weight excluding hydrogens is 348 g/mol. The van der Waals surface area contributed by atoms with Crippen LogP contribution in [0.3, 0.4) is 0 Å². The van der Waals surface area contributed by atoms with Gasteiger partial charge in [0.05, 0.1) is 24.8 Å². The van der Waals surface area contributed by atoms with Gasteiger partial charge in [-0.05, 0) is 12.1 Å². The summed E-state index contributed by atoms with van der Waals surface area (Å²) in [6, 6.07) is 5.03.